The number of nitrogens with one attached hydrogen (secondary N) is 1. The Morgan fingerprint density at radius 2 is 2.00 bits per heavy atom. The molecule has 0 aromatic carbocycles. The van der Waals surface area contributed by atoms with Crippen molar-refractivity contribution in [3.8, 4) is 0 Å². The van der Waals surface area contributed by atoms with Gasteiger partial charge in [-0.1, -0.05) is 13.0 Å². The lowest BCUT2D eigenvalue weighted by Gasteiger charge is -2.24. The lowest BCUT2D eigenvalue weighted by Crippen LogP contribution is -2.35. The molecule has 1 N–H and O–H groups in total. The molecule has 16 heavy (non-hydrogen) atoms. The minimum atomic E-state index is 0.603. The van der Waals surface area contributed by atoms with Gasteiger partial charge < -0.3 is 5.32 Å². The summed E-state index contributed by atoms with van der Waals surface area (Å²) in [6.45, 7) is 2.30. The van der Waals surface area contributed by atoms with Gasteiger partial charge in [-0.15, -0.1) is 11.3 Å². The van der Waals surface area contributed by atoms with Crippen molar-refractivity contribution in [1.82, 2.24) is 5.32 Å². The summed E-state index contributed by atoms with van der Waals surface area (Å²) in [6, 6.07) is 5.88. The van der Waals surface area contributed by atoms with Gasteiger partial charge in [0.25, 0.3) is 0 Å². The van der Waals surface area contributed by atoms with Crippen LogP contribution < -0.4 is 5.32 Å². The van der Waals surface area contributed by atoms with E-state index >= 15 is 0 Å². The van der Waals surface area contributed by atoms with Crippen molar-refractivity contribution in [3.63, 3.8) is 0 Å². The Bertz CT molecular complexity index is 313. The van der Waals surface area contributed by atoms with Crippen molar-refractivity contribution in [2.24, 2.45) is 11.8 Å². The van der Waals surface area contributed by atoms with Gasteiger partial charge in [0, 0.05) is 17.0 Å². The Kier molecular flexibility index (Phi) is 3.03. The first-order valence-electron chi connectivity index (χ1n) is 6.68. The molecule has 1 atom stereocenters. The van der Waals surface area contributed by atoms with Crippen molar-refractivity contribution in [2.45, 2.75) is 51.1 Å². The summed E-state index contributed by atoms with van der Waals surface area (Å²) in [7, 11) is 0. The quantitative estimate of drug-likeness (QED) is 0.786. The van der Waals surface area contributed by atoms with E-state index in [0.717, 1.165) is 17.9 Å². The van der Waals surface area contributed by atoms with Crippen molar-refractivity contribution in [1.29, 1.82) is 0 Å². The molecular formula is C14H21NS. The number of rotatable bonds is 6. The zero-order valence-corrected chi connectivity index (χ0v) is 10.8. The van der Waals surface area contributed by atoms with Gasteiger partial charge in [0.1, 0.15) is 0 Å². The third-order valence-corrected chi connectivity index (χ3v) is 4.93. The third-order valence-electron chi connectivity index (χ3n) is 3.95. The molecule has 2 aliphatic carbocycles. The van der Waals surface area contributed by atoms with Gasteiger partial charge in [-0.25, -0.2) is 0 Å². The lowest BCUT2D eigenvalue weighted by molar-refractivity contribution is 0.362. The molecule has 2 aliphatic rings. The Balaban J connectivity index is 1.66. The molecule has 1 unspecified atom stereocenters. The molecule has 2 heteroatoms. The van der Waals surface area contributed by atoms with Crippen molar-refractivity contribution in [3.05, 3.63) is 22.4 Å². The molecule has 0 spiro atoms. The van der Waals surface area contributed by atoms with E-state index in [-0.39, 0.29) is 0 Å². The monoisotopic (exact) mass is 235 g/mol. The van der Waals surface area contributed by atoms with Gasteiger partial charge in [0.2, 0.25) is 0 Å². The summed E-state index contributed by atoms with van der Waals surface area (Å²) >= 11 is 1.90. The summed E-state index contributed by atoms with van der Waals surface area (Å²) in [6.07, 6.45) is 7.09. The third kappa shape index (κ3) is 2.33. The van der Waals surface area contributed by atoms with E-state index in [1.54, 1.807) is 0 Å². The Labute approximate surface area is 102 Å². The normalized spacial score (nSPS) is 22.6. The van der Waals surface area contributed by atoms with Gasteiger partial charge in [-0.05, 0) is 55.4 Å². The van der Waals surface area contributed by atoms with Crippen LogP contribution in [0.4, 0.5) is 0 Å². The molecule has 0 bridgehead atoms. The van der Waals surface area contributed by atoms with Crippen LogP contribution in [0.25, 0.3) is 0 Å². The smallest absolute Gasteiger partial charge is 0.0414 e. The number of thiophene rings is 1. The summed E-state index contributed by atoms with van der Waals surface area (Å²) in [5.74, 6) is 2.00. The van der Waals surface area contributed by atoms with Crippen LogP contribution in [0.15, 0.2) is 17.5 Å². The highest BCUT2D eigenvalue weighted by atomic mass is 32.1. The average molecular weight is 235 g/mol. The van der Waals surface area contributed by atoms with E-state index in [4.69, 9.17) is 0 Å². The van der Waals surface area contributed by atoms with Crippen LogP contribution in [0, 0.1) is 11.8 Å². The van der Waals surface area contributed by atoms with Gasteiger partial charge in [-0.2, -0.15) is 0 Å². The highest BCUT2D eigenvalue weighted by Gasteiger charge is 2.42. The minimum Gasteiger partial charge on any atom is -0.306 e. The average Bonchev–Trinajstić information content (AvgIpc) is 3.21. The standard InChI is InChI=1S/C14H21NS/c1-2-12(13-4-3-9-16-13)15-14(10-5-6-10)11-7-8-11/h3-4,9-12,14-15H,2,5-8H2,1H3. The molecule has 2 saturated carbocycles. The molecule has 3 rings (SSSR count). The SMILES string of the molecule is CCC(NC(C1CC1)C1CC1)c1cccs1. The fraction of sp³-hybridized carbons (Fsp3) is 0.714. The molecular weight excluding hydrogens is 214 g/mol. The molecule has 0 saturated heterocycles. The van der Waals surface area contributed by atoms with Crippen LogP contribution in [-0.4, -0.2) is 6.04 Å². The molecule has 2 fully saturated rings. The molecule has 1 aromatic rings. The summed E-state index contributed by atoms with van der Waals surface area (Å²) < 4.78 is 0. The van der Waals surface area contributed by atoms with Gasteiger partial charge >= 0.3 is 0 Å². The molecule has 1 nitrogen and oxygen atoms in total. The Morgan fingerprint density at radius 1 is 1.31 bits per heavy atom. The van der Waals surface area contributed by atoms with Gasteiger partial charge in [0.15, 0.2) is 0 Å². The van der Waals surface area contributed by atoms with Crippen molar-refractivity contribution in [2.75, 3.05) is 0 Å². The molecule has 1 heterocycles. The number of hydrogen-bond donors (Lipinski definition) is 1. The number of hydrogen-bond acceptors (Lipinski definition) is 2. The maximum Gasteiger partial charge on any atom is 0.0414 e. The highest BCUT2D eigenvalue weighted by molar-refractivity contribution is 7.10. The minimum absolute atomic E-state index is 0.603. The lowest BCUT2D eigenvalue weighted by atomic mass is 10.0. The van der Waals surface area contributed by atoms with E-state index in [1.807, 2.05) is 11.3 Å². The molecule has 0 amide bonds. The van der Waals surface area contributed by atoms with Crippen molar-refractivity contribution < 1.29 is 0 Å². The Hall–Kier alpha value is -0.340. The maximum atomic E-state index is 3.94. The second kappa shape index (κ2) is 4.50. The Morgan fingerprint density at radius 3 is 2.44 bits per heavy atom. The van der Waals surface area contributed by atoms with E-state index in [0.29, 0.717) is 6.04 Å². The summed E-state index contributed by atoms with van der Waals surface area (Å²) in [5.41, 5.74) is 0. The van der Waals surface area contributed by atoms with Crippen LogP contribution in [-0.2, 0) is 0 Å². The topological polar surface area (TPSA) is 12.0 Å². The molecule has 88 valence electrons. The first-order valence-corrected chi connectivity index (χ1v) is 7.56. The predicted molar refractivity (Wildman–Crippen MR) is 69.7 cm³/mol. The second-order valence-corrected chi connectivity index (χ2v) is 6.32. The van der Waals surface area contributed by atoms with Crippen LogP contribution in [0.5, 0.6) is 0 Å². The van der Waals surface area contributed by atoms with Crippen LogP contribution in [0.1, 0.15) is 49.9 Å². The van der Waals surface area contributed by atoms with Crippen LogP contribution in [0.2, 0.25) is 0 Å². The molecule has 0 radical (unpaired) electrons. The van der Waals surface area contributed by atoms with E-state index in [1.165, 1.54) is 37.0 Å². The zero-order valence-electron chi connectivity index (χ0n) is 9.99. The predicted octanol–water partition coefficient (Wildman–Crippen LogP) is 3.98. The van der Waals surface area contributed by atoms with Crippen molar-refractivity contribution >= 4 is 11.3 Å². The second-order valence-electron chi connectivity index (χ2n) is 5.34. The first kappa shape index (κ1) is 10.8. The fourth-order valence-corrected chi connectivity index (χ4v) is 3.56. The molecule has 0 aliphatic heterocycles. The van der Waals surface area contributed by atoms with Gasteiger partial charge in [-0.3, -0.25) is 0 Å². The van der Waals surface area contributed by atoms with E-state index in [2.05, 4.69) is 29.8 Å². The van der Waals surface area contributed by atoms with Gasteiger partial charge in [0.05, 0.1) is 0 Å². The first-order chi connectivity index (χ1) is 7.88. The highest BCUT2D eigenvalue weighted by Crippen LogP contribution is 2.45. The zero-order chi connectivity index (χ0) is 11.0. The van der Waals surface area contributed by atoms with Crippen LogP contribution in [0.3, 0.4) is 0 Å². The summed E-state index contributed by atoms with van der Waals surface area (Å²) in [5, 5.41) is 6.14. The van der Waals surface area contributed by atoms with E-state index in [9.17, 15) is 0 Å². The van der Waals surface area contributed by atoms with E-state index < -0.39 is 0 Å². The largest absolute Gasteiger partial charge is 0.306 e. The molecule has 1 aromatic heterocycles. The summed E-state index contributed by atoms with van der Waals surface area (Å²) in [4.78, 5) is 1.52. The maximum absolute atomic E-state index is 3.94. The fourth-order valence-electron chi connectivity index (χ4n) is 2.69. The van der Waals surface area contributed by atoms with Crippen LogP contribution >= 0.6 is 11.3 Å².